The summed E-state index contributed by atoms with van der Waals surface area (Å²) < 4.78 is 11.1. The van der Waals surface area contributed by atoms with Crippen molar-refractivity contribution in [2.24, 2.45) is 11.5 Å². The standard InChI is InChI=1S/C18H20N4O2.2ClH/c19-17(20)13-3-7-15(8-4-13)23-11-1-2-12-24-16-9-5-14(6-10-16)18(21)22;;/h1-10H,11-12H2,(H3,19,20)(H3,21,22);2*1H/b2-1-;;. The van der Waals surface area contributed by atoms with E-state index in [-0.39, 0.29) is 36.5 Å². The summed E-state index contributed by atoms with van der Waals surface area (Å²) in [7, 11) is 0. The molecule has 140 valence electrons. The van der Waals surface area contributed by atoms with Gasteiger partial charge < -0.3 is 20.9 Å². The molecule has 26 heavy (non-hydrogen) atoms. The molecule has 0 spiro atoms. The molecule has 2 aromatic rings. The molecule has 0 fully saturated rings. The molecule has 0 atom stereocenters. The van der Waals surface area contributed by atoms with Crippen molar-refractivity contribution in [2.75, 3.05) is 13.2 Å². The second kappa shape index (κ2) is 11.8. The van der Waals surface area contributed by atoms with Crippen LogP contribution in [0.3, 0.4) is 0 Å². The molecule has 0 saturated carbocycles. The molecule has 2 aromatic carbocycles. The second-order valence-corrected chi connectivity index (χ2v) is 4.97. The lowest BCUT2D eigenvalue weighted by atomic mass is 10.2. The van der Waals surface area contributed by atoms with Crippen molar-refractivity contribution in [1.29, 1.82) is 10.8 Å². The van der Waals surface area contributed by atoms with E-state index in [0.29, 0.717) is 35.8 Å². The first kappa shape index (κ1) is 23.3. The number of nitrogens with two attached hydrogens (primary N) is 2. The van der Waals surface area contributed by atoms with Gasteiger partial charge in [-0.05, 0) is 60.7 Å². The third-order valence-electron chi connectivity index (χ3n) is 3.19. The smallest absolute Gasteiger partial charge is 0.122 e. The van der Waals surface area contributed by atoms with E-state index in [0.717, 1.165) is 0 Å². The van der Waals surface area contributed by atoms with E-state index >= 15 is 0 Å². The molecule has 0 radical (unpaired) electrons. The topological polar surface area (TPSA) is 118 Å². The van der Waals surface area contributed by atoms with Crippen LogP contribution in [0.1, 0.15) is 11.1 Å². The highest BCUT2D eigenvalue weighted by atomic mass is 35.5. The molecule has 8 heteroatoms. The molecule has 0 aromatic heterocycles. The van der Waals surface area contributed by atoms with Crippen molar-refractivity contribution in [3.8, 4) is 11.5 Å². The van der Waals surface area contributed by atoms with Gasteiger partial charge in [0.15, 0.2) is 0 Å². The van der Waals surface area contributed by atoms with Crippen LogP contribution < -0.4 is 20.9 Å². The molecule has 0 aliphatic carbocycles. The fourth-order valence-corrected chi connectivity index (χ4v) is 1.89. The summed E-state index contributed by atoms with van der Waals surface area (Å²) in [5.74, 6) is 1.50. The Morgan fingerprint density at radius 2 is 1.00 bits per heavy atom. The van der Waals surface area contributed by atoms with Gasteiger partial charge in [-0.1, -0.05) is 0 Å². The number of halogens is 2. The average molecular weight is 397 g/mol. The number of amidine groups is 2. The lowest BCUT2D eigenvalue weighted by Crippen LogP contribution is -2.10. The van der Waals surface area contributed by atoms with Gasteiger partial charge in [-0.25, -0.2) is 0 Å². The van der Waals surface area contributed by atoms with Crippen molar-refractivity contribution in [3.05, 3.63) is 71.8 Å². The summed E-state index contributed by atoms with van der Waals surface area (Å²) in [6.45, 7) is 0.845. The number of benzene rings is 2. The van der Waals surface area contributed by atoms with Crippen LogP contribution in [0.15, 0.2) is 60.7 Å². The molecule has 0 unspecified atom stereocenters. The van der Waals surface area contributed by atoms with Crippen molar-refractivity contribution in [2.45, 2.75) is 0 Å². The fourth-order valence-electron chi connectivity index (χ4n) is 1.89. The average Bonchev–Trinajstić information content (AvgIpc) is 2.58. The minimum atomic E-state index is 0. The molecule has 0 aliphatic heterocycles. The van der Waals surface area contributed by atoms with Crippen LogP contribution in [0.4, 0.5) is 0 Å². The van der Waals surface area contributed by atoms with Gasteiger partial charge in [-0.15, -0.1) is 24.8 Å². The Morgan fingerprint density at radius 3 is 1.27 bits per heavy atom. The molecule has 0 aliphatic rings. The predicted molar refractivity (Wildman–Crippen MR) is 110 cm³/mol. The fraction of sp³-hybridized carbons (Fsp3) is 0.111. The van der Waals surface area contributed by atoms with Crippen LogP contribution in [0.5, 0.6) is 11.5 Å². The maximum Gasteiger partial charge on any atom is 0.122 e. The molecule has 6 N–H and O–H groups in total. The Hall–Kier alpha value is -2.70. The van der Waals surface area contributed by atoms with Crippen LogP contribution in [-0.2, 0) is 0 Å². The maximum atomic E-state index is 7.32. The van der Waals surface area contributed by atoms with Crippen LogP contribution >= 0.6 is 24.8 Å². The van der Waals surface area contributed by atoms with E-state index in [9.17, 15) is 0 Å². The quantitative estimate of drug-likeness (QED) is 0.311. The van der Waals surface area contributed by atoms with Gasteiger partial charge >= 0.3 is 0 Å². The van der Waals surface area contributed by atoms with Crippen LogP contribution in [0, 0.1) is 10.8 Å². The van der Waals surface area contributed by atoms with Gasteiger partial charge in [0.25, 0.3) is 0 Å². The van der Waals surface area contributed by atoms with Gasteiger partial charge in [0.2, 0.25) is 0 Å². The van der Waals surface area contributed by atoms with Crippen molar-refractivity contribution in [1.82, 2.24) is 0 Å². The number of rotatable bonds is 8. The summed E-state index contributed by atoms with van der Waals surface area (Å²) in [6, 6.07) is 14.1. The number of nitrogen functional groups attached to an aromatic ring is 2. The molecule has 0 saturated heterocycles. The Balaban J connectivity index is 0.00000312. The zero-order valence-corrected chi connectivity index (χ0v) is 15.6. The molecule has 0 amide bonds. The summed E-state index contributed by atoms with van der Waals surface area (Å²) in [5.41, 5.74) is 12.1. The number of ether oxygens (including phenoxy) is 2. The lowest BCUT2D eigenvalue weighted by molar-refractivity contribution is 0.350. The van der Waals surface area contributed by atoms with Gasteiger partial charge in [0, 0.05) is 11.1 Å². The monoisotopic (exact) mass is 396 g/mol. The summed E-state index contributed by atoms with van der Waals surface area (Å²) in [5, 5.41) is 14.6. The third-order valence-corrected chi connectivity index (χ3v) is 3.19. The maximum absolute atomic E-state index is 7.32. The largest absolute Gasteiger partial charge is 0.490 e. The van der Waals surface area contributed by atoms with E-state index in [1.807, 2.05) is 12.2 Å². The first-order chi connectivity index (χ1) is 11.6. The van der Waals surface area contributed by atoms with Gasteiger partial charge in [-0.2, -0.15) is 0 Å². The zero-order valence-electron chi connectivity index (χ0n) is 14.0. The van der Waals surface area contributed by atoms with Gasteiger partial charge in [-0.3, -0.25) is 10.8 Å². The van der Waals surface area contributed by atoms with E-state index in [1.165, 1.54) is 0 Å². The van der Waals surface area contributed by atoms with Crippen molar-refractivity contribution in [3.63, 3.8) is 0 Å². The van der Waals surface area contributed by atoms with Crippen molar-refractivity contribution >= 4 is 36.5 Å². The molecular formula is C18H22Cl2N4O2. The van der Waals surface area contributed by atoms with E-state index in [2.05, 4.69) is 0 Å². The highest BCUT2D eigenvalue weighted by molar-refractivity contribution is 5.95. The Kier molecular flexibility index (Phi) is 10.6. The molecule has 0 heterocycles. The summed E-state index contributed by atoms with van der Waals surface area (Å²) in [6.07, 6.45) is 3.73. The van der Waals surface area contributed by atoms with Crippen LogP contribution in [-0.4, -0.2) is 24.9 Å². The Bertz CT molecular complexity index is 668. The van der Waals surface area contributed by atoms with E-state index in [4.69, 9.17) is 31.8 Å². The SMILES string of the molecule is Cl.Cl.N=C(N)c1ccc(OC/C=C\COc2ccc(C(=N)N)cc2)cc1. The first-order valence-corrected chi connectivity index (χ1v) is 7.36. The molecule has 2 rings (SSSR count). The van der Waals surface area contributed by atoms with Crippen LogP contribution in [0.2, 0.25) is 0 Å². The minimum Gasteiger partial charge on any atom is -0.490 e. The Morgan fingerprint density at radius 1 is 0.692 bits per heavy atom. The zero-order chi connectivity index (χ0) is 17.4. The minimum absolute atomic E-state index is 0. The van der Waals surface area contributed by atoms with Crippen LogP contribution in [0.25, 0.3) is 0 Å². The van der Waals surface area contributed by atoms with Gasteiger partial charge in [0.05, 0.1) is 0 Å². The number of nitrogens with one attached hydrogen (secondary N) is 2. The normalized spacial score (nSPS) is 9.69. The molecular weight excluding hydrogens is 375 g/mol. The van der Waals surface area contributed by atoms with E-state index in [1.54, 1.807) is 48.5 Å². The second-order valence-electron chi connectivity index (χ2n) is 4.97. The summed E-state index contributed by atoms with van der Waals surface area (Å²) >= 11 is 0. The predicted octanol–water partition coefficient (Wildman–Crippen LogP) is 3.11. The Labute approximate surface area is 165 Å². The lowest BCUT2D eigenvalue weighted by Gasteiger charge is -2.05. The highest BCUT2D eigenvalue weighted by Crippen LogP contribution is 2.13. The number of hydrogen-bond donors (Lipinski definition) is 4. The number of hydrogen-bond acceptors (Lipinski definition) is 4. The third kappa shape index (κ3) is 7.46. The first-order valence-electron chi connectivity index (χ1n) is 7.36. The highest BCUT2D eigenvalue weighted by Gasteiger charge is 1.98. The van der Waals surface area contributed by atoms with E-state index < -0.39 is 0 Å². The summed E-state index contributed by atoms with van der Waals surface area (Å²) in [4.78, 5) is 0. The van der Waals surface area contributed by atoms with Gasteiger partial charge in [0.1, 0.15) is 36.4 Å². The molecule has 0 bridgehead atoms. The molecule has 6 nitrogen and oxygen atoms in total. The van der Waals surface area contributed by atoms with Crippen molar-refractivity contribution < 1.29 is 9.47 Å².